The normalized spacial score (nSPS) is 10.4. The van der Waals surface area contributed by atoms with Crippen molar-refractivity contribution >= 4 is 17.6 Å². The predicted molar refractivity (Wildman–Crippen MR) is 115 cm³/mol. The molecule has 0 bridgehead atoms. The summed E-state index contributed by atoms with van der Waals surface area (Å²) in [5, 5.41) is 22.0. The number of hydrogen-bond donors (Lipinski definition) is 3. The molecule has 0 saturated carbocycles. The van der Waals surface area contributed by atoms with E-state index in [-0.39, 0.29) is 22.6 Å². The van der Waals surface area contributed by atoms with Crippen molar-refractivity contribution in [2.45, 2.75) is 19.8 Å². The van der Waals surface area contributed by atoms with Gasteiger partial charge in [-0.05, 0) is 47.9 Å². The minimum Gasteiger partial charge on any atom is -0.508 e. The molecule has 6 nitrogen and oxygen atoms in total. The molecule has 6 heteroatoms. The summed E-state index contributed by atoms with van der Waals surface area (Å²) in [6.45, 7) is 2.46. The first-order chi connectivity index (χ1) is 14.5. The molecule has 0 aliphatic carbocycles. The molecule has 0 radical (unpaired) electrons. The van der Waals surface area contributed by atoms with Crippen molar-refractivity contribution in [1.82, 2.24) is 0 Å². The lowest BCUT2D eigenvalue weighted by Gasteiger charge is -2.14. The fourth-order valence-corrected chi connectivity index (χ4v) is 2.98. The van der Waals surface area contributed by atoms with Gasteiger partial charge in [0.05, 0.1) is 23.4 Å². The molecule has 0 saturated heterocycles. The second kappa shape index (κ2) is 9.60. The number of hydrogen-bond acceptors (Lipinski definition) is 4. The highest BCUT2D eigenvalue weighted by Crippen LogP contribution is 2.29. The summed E-state index contributed by atoms with van der Waals surface area (Å²) < 4.78 is 5.67. The molecule has 3 aromatic carbocycles. The van der Waals surface area contributed by atoms with Crippen LogP contribution in [0, 0.1) is 0 Å². The van der Waals surface area contributed by atoms with Gasteiger partial charge in [-0.2, -0.15) is 0 Å². The van der Waals surface area contributed by atoms with E-state index >= 15 is 0 Å². The smallest absolute Gasteiger partial charge is 0.337 e. The third-order valence-electron chi connectivity index (χ3n) is 4.57. The van der Waals surface area contributed by atoms with Gasteiger partial charge in [0.15, 0.2) is 0 Å². The van der Waals surface area contributed by atoms with E-state index in [1.807, 2.05) is 37.3 Å². The number of nitrogens with one attached hydrogen (secondary N) is 1. The van der Waals surface area contributed by atoms with Crippen LogP contribution in [0.3, 0.4) is 0 Å². The molecule has 0 aliphatic rings. The summed E-state index contributed by atoms with van der Waals surface area (Å²) in [4.78, 5) is 24.6. The minimum atomic E-state index is -1.15. The number of phenolic OH excluding ortho intramolecular Hbond substituents is 1. The highest BCUT2D eigenvalue weighted by Gasteiger charge is 2.18. The lowest BCUT2D eigenvalue weighted by molar-refractivity contribution is 0.0698. The molecular formula is C24H23NO5. The summed E-state index contributed by atoms with van der Waals surface area (Å²) in [7, 11) is 0. The van der Waals surface area contributed by atoms with Crippen LogP contribution in [0.5, 0.6) is 11.5 Å². The fourth-order valence-electron chi connectivity index (χ4n) is 2.98. The number of rotatable bonds is 8. The molecule has 3 rings (SSSR count). The number of ether oxygens (including phenoxy) is 1. The maximum Gasteiger partial charge on any atom is 0.337 e. The van der Waals surface area contributed by atoms with Gasteiger partial charge >= 0.3 is 5.97 Å². The summed E-state index contributed by atoms with van der Waals surface area (Å²) in [6.07, 6.45) is 1.76. The summed E-state index contributed by atoms with van der Waals surface area (Å²) in [6, 6.07) is 18.5. The monoisotopic (exact) mass is 405 g/mol. The molecule has 3 aromatic rings. The molecular weight excluding hydrogens is 382 g/mol. The van der Waals surface area contributed by atoms with Crippen LogP contribution in [0.25, 0.3) is 11.1 Å². The molecule has 154 valence electrons. The van der Waals surface area contributed by atoms with Crippen LogP contribution in [-0.2, 0) is 0 Å². The van der Waals surface area contributed by atoms with Crippen LogP contribution in [0.2, 0.25) is 0 Å². The number of anilines is 1. The third kappa shape index (κ3) is 4.97. The van der Waals surface area contributed by atoms with Crippen molar-refractivity contribution < 1.29 is 24.5 Å². The van der Waals surface area contributed by atoms with E-state index in [2.05, 4.69) is 5.32 Å². The van der Waals surface area contributed by atoms with Crippen LogP contribution in [0.1, 0.15) is 40.5 Å². The van der Waals surface area contributed by atoms with Gasteiger partial charge in [-0.25, -0.2) is 4.79 Å². The van der Waals surface area contributed by atoms with Gasteiger partial charge in [0.2, 0.25) is 0 Å². The Labute approximate surface area is 174 Å². The van der Waals surface area contributed by atoms with E-state index in [1.165, 1.54) is 24.3 Å². The average Bonchev–Trinajstić information content (AvgIpc) is 2.75. The van der Waals surface area contributed by atoms with Gasteiger partial charge in [-0.3, -0.25) is 4.79 Å². The van der Waals surface area contributed by atoms with Gasteiger partial charge in [-0.15, -0.1) is 0 Å². The Balaban J connectivity index is 1.94. The number of carboxylic acids is 1. The Morgan fingerprint density at radius 3 is 2.40 bits per heavy atom. The first-order valence-corrected chi connectivity index (χ1v) is 9.69. The van der Waals surface area contributed by atoms with Gasteiger partial charge in [-0.1, -0.05) is 49.7 Å². The van der Waals surface area contributed by atoms with Crippen molar-refractivity contribution in [3.05, 3.63) is 77.9 Å². The number of unbranched alkanes of at least 4 members (excludes halogenated alkanes) is 1. The van der Waals surface area contributed by atoms with Crippen LogP contribution in [0.4, 0.5) is 5.69 Å². The van der Waals surface area contributed by atoms with E-state index in [9.17, 15) is 19.8 Å². The molecule has 0 fully saturated rings. The molecule has 3 N–H and O–H groups in total. The van der Waals surface area contributed by atoms with Gasteiger partial charge < -0.3 is 20.3 Å². The Morgan fingerprint density at radius 2 is 1.70 bits per heavy atom. The lowest BCUT2D eigenvalue weighted by Crippen LogP contribution is -2.16. The maximum absolute atomic E-state index is 12.9. The van der Waals surface area contributed by atoms with Gasteiger partial charge in [0, 0.05) is 0 Å². The molecule has 0 atom stereocenters. The van der Waals surface area contributed by atoms with Crippen LogP contribution >= 0.6 is 0 Å². The Hall–Kier alpha value is -3.80. The zero-order valence-electron chi connectivity index (χ0n) is 16.6. The second-order valence-electron chi connectivity index (χ2n) is 6.77. The number of carbonyl (C=O) groups excluding carboxylic acids is 1. The van der Waals surface area contributed by atoms with E-state index < -0.39 is 11.9 Å². The Morgan fingerprint density at radius 1 is 0.933 bits per heavy atom. The zero-order valence-corrected chi connectivity index (χ0v) is 16.6. The van der Waals surface area contributed by atoms with Crippen molar-refractivity contribution in [2.75, 3.05) is 11.9 Å². The summed E-state index contributed by atoms with van der Waals surface area (Å²) in [5.74, 6) is -1.47. The van der Waals surface area contributed by atoms with Crippen molar-refractivity contribution in [2.24, 2.45) is 0 Å². The van der Waals surface area contributed by atoms with Gasteiger partial charge in [0.1, 0.15) is 11.5 Å². The number of amides is 1. The molecule has 0 unspecified atom stereocenters. The number of carbonyl (C=O) groups is 2. The first kappa shape index (κ1) is 20.9. The average molecular weight is 405 g/mol. The number of carboxylic acid groups (broad SMARTS) is 1. The highest BCUT2D eigenvalue weighted by atomic mass is 16.5. The van der Waals surface area contributed by atoms with Crippen molar-refractivity contribution in [3.8, 4) is 22.6 Å². The summed E-state index contributed by atoms with van der Waals surface area (Å²) >= 11 is 0. The number of aromatic hydroxyl groups is 1. The highest BCUT2D eigenvalue weighted by molar-refractivity contribution is 6.09. The molecule has 0 heterocycles. The fraction of sp³-hybridized carbons (Fsp3) is 0.167. The number of benzene rings is 3. The molecule has 0 aromatic heterocycles. The van der Waals surface area contributed by atoms with Crippen LogP contribution in [-0.4, -0.2) is 28.7 Å². The molecule has 0 aliphatic heterocycles. The van der Waals surface area contributed by atoms with Gasteiger partial charge in [0.25, 0.3) is 5.91 Å². The molecule has 30 heavy (non-hydrogen) atoms. The second-order valence-corrected chi connectivity index (χ2v) is 6.77. The predicted octanol–water partition coefficient (Wildman–Crippen LogP) is 5.19. The summed E-state index contributed by atoms with van der Waals surface area (Å²) in [5.41, 5.74) is 1.93. The first-order valence-electron chi connectivity index (χ1n) is 9.69. The third-order valence-corrected chi connectivity index (χ3v) is 4.57. The van der Waals surface area contributed by atoms with E-state index in [0.29, 0.717) is 12.4 Å². The SMILES string of the molecule is CCCCOc1ccc(O)cc1C(=O)Nc1cc(-c2ccccc2)ccc1C(=O)O. The number of phenols is 1. The largest absolute Gasteiger partial charge is 0.508 e. The van der Waals surface area contributed by atoms with E-state index in [4.69, 9.17) is 4.74 Å². The topological polar surface area (TPSA) is 95.9 Å². The van der Waals surface area contributed by atoms with E-state index in [1.54, 1.807) is 12.1 Å². The van der Waals surface area contributed by atoms with Crippen molar-refractivity contribution in [1.29, 1.82) is 0 Å². The molecule has 1 amide bonds. The zero-order chi connectivity index (χ0) is 21.5. The minimum absolute atomic E-state index is 0.0309. The Bertz CT molecular complexity index is 1050. The quantitative estimate of drug-likeness (QED) is 0.448. The van der Waals surface area contributed by atoms with E-state index in [0.717, 1.165) is 24.0 Å². The maximum atomic E-state index is 12.9. The van der Waals surface area contributed by atoms with Crippen LogP contribution in [0.15, 0.2) is 66.7 Å². The number of aromatic carboxylic acids is 1. The van der Waals surface area contributed by atoms with Crippen LogP contribution < -0.4 is 10.1 Å². The van der Waals surface area contributed by atoms with Crippen molar-refractivity contribution in [3.63, 3.8) is 0 Å². The lowest BCUT2D eigenvalue weighted by atomic mass is 10.0. The Kier molecular flexibility index (Phi) is 6.70. The standard InChI is InChI=1S/C24H23NO5/c1-2-3-13-30-22-12-10-18(26)15-20(22)23(27)25-21-14-17(9-11-19(21)24(28)29)16-7-5-4-6-8-16/h4-12,14-15,26H,2-3,13H2,1H3,(H,25,27)(H,28,29). The molecule has 0 spiro atoms.